The van der Waals surface area contributed by atoms with E-state index in [0.717, 1.165) is 36.8 Å². The molecule has 2 aromatic carbocycles. The van der Waals surface area contributed by atoms with E-state index < -0.39 is 47.4 Å². The van der Waals surface area contributed by atoms with Crippen molar-refractivity contribution >= 4 is 29.6 Å². The van der Waals surface area contributed by atoms with Gasteiger partial charge >= 0.3 is 11.9 Å². The van der Waals surface area contributed by atoms with E-state index in [9.17, 15) is 24.8 Å². The maximum Gasteiger partial charge on any atom is 0.329 e. The Bertz CT molecular complexity index is 2070. The van der Waals surface area contributed by atoms with Crippen molar-refractivity contribution in [1.82, 2.24) is 15.1 Å². The zero-order valence-electron chi connectivity index (χ0n) is 37.8. The summed E-state index contributed by atoms with van der Waals surface area (Å²) in [4.78, 5) is 44.9. The van der Waals surface area contributed by atoms with E-state index in [4.69, 9.17) is 23.7 Å². The Balaban J connectivity index is 1.19. The topological polar surface area (TPSA) is 160 Å². The Hall–Kier alpha value is -4.45. The minimum Gasteiger partial charge on any atom is -0.504 e. The van der Waals surface area contributed by atoms with Gasteiger partial charge in [-0.1, -0.05) is 96.1 Å². The first-order chi connectivity index (χ1) is 30.6. The first kappa shape index (κ1) is 46.5. The molecule has 342 valence electrons. The number of ether oxygens (including phenoxy) is 5. The molecule has 7 rings (SSSR count). The van der Waals surface area contributed by atoms with Crippen LogP contribution in [0.4, 0.5) is 0 Å². The standard InChI is InChI=1S/C49H66N4O9S/c1-7-9-10-11-12-13-14-15-16-17-18-19-20-21-37(55)51-33-27-63-48-40-39(47-46(60-28-61-47)30(4)45(40)62-31(5)54)36(26-59-49(33)57)53-35(25-50)34-24-32-23-29(3)44(58-6)43(56)38(32)41(42(48)53)52(34)22-8-2/h8,23,33-36,41-42,48,56H,2,7,9-22,24,26-28H2,1,3-6H3,(H,51,55)/t33?,34?,35-,36+,41?,42?,48+/m0/s1. The largest absolute Gasteiger partial charge is 0.504 e. The summed E-state index contributed by atoms with van der Waals surface area (Å²) in [6.07, 6.45) is 18.2. The molecule has 1 amide bonds. The van der Waals surface area contributed by atoms with E-state index in [1.165, 1.54) is 83.6 Å². The smallest absolute Gasteiger partial charge is 0.329 e. The van der Waals surface area contributed by atoms with Crippen molar-refractivity contribution in [2.24, 2.45) is 0 Å². The van der Waals surface area contributed by atoms with Gasteiger partial charge in [-0.15, -0.1) is 18.3 Å². The van der Waals surface area contributed by atoms with Gasteiger partial charge in [0.05, 0.1) is 30.5 Å². The number of unbranched alkanes of at least 4 members (excludes halogenated alkanes) is 12. The number of methoxy groups -OCH3 is 1. The fourth-order valence-electron chi connectivity index (χ4n) is 10.9. The third kappa shape index (κ3) is 9.39. The molecule has 13 nitrogen and oxygen atoms in total. The number of fused-ring (bicyclic) bond motifs is 9. The lowest BCUT2D eigenvalue weighted by Crippen LogP contribution is -2.70. The van der Waals surface area contributed by atoms with Crippen molar-refractivity contribution in [3.63, 3.8) is 0 Å². The predicted octanol–water partition coefficient (Wildman–Crippen LogP) is 8.75. The molecule has 4 unspecified atom stereocenters. The summed E-state index contributed by atoms with van der Waals surface area (Å²) in [6.45, 7) is 11.6. The highest BCUT2D eigenvalue weighted by Gasteiger charge is 2.61. The highest BCUT2D eigenvalue weighted by Crippen LogP contribution is 2.64. The highest BCUT2D eigenvalue weighted by atomic mass is 32.2. The van der Waals surface area contributed by atoms with Crippen LogP contribution >= 0.6 is 11.8 Å². The maximum absolute atomic E-state index is 14.1. The van der Waals surface area contributed by atoms with Crippen LogP contribution in [0.25, 0.3) is 0 Å². The van der Waals surface area contributed by atoms with E-state index in [0.29, 0.717) is 64.6 Å². The number of aromatic hydroxyl groups is 1. The van der Waals surface area contributed by atoms with Crippen molar-refractivity contribution in [3.8, 4) is 34.8 Å². The van der Waals surface area contributed by atoms with Crippen LogP contribution in [-0.4, -0.2) is 89.7 Å². The molecular formula is C49H66N4O9S. The molecule has 5 aliphatic heterocycles. The molecule has 5 aliphatic rings. The van der Waals surface area contributed by atoms with Crippen molar-refractivity contribution in [1.29, 1.82) is 5.26 Å². The number of esters is 2. The molecule has 14 heteroatoms. The maximum atomic E-state index is 14.1. The third-order valence-electron chi connectivity index (χ3n) is 13.7. The number of nitrogens with one attached hydrogen (secondary N) is 1. The minimum absolute atomic E-state index is 0.0328. The van der Waals surface area contributed by atoms with Gasteiger partial charge in [-0.25, -0.2) is 4.79 Å². The van der Waals surface area contributed by atoms with Gasteiger partial charge in [-0.05, 0) is 37.8 Å². The van der Waals surface area contributed by atoms with E-state index in [2.05, 4.69) is 34.7 Å². The number of phenols is 1. The van der Waals surface area contributed by atoms with Gasteiger partial charge in [0.1, 0.15) is 24.4 Å². The second-order valence-corrected chi connectivity index (χ2v) is 19.0. The van der Waals surface area contributed by atoms with E-state index >= 15 is 0 Å². The van der Waals surface area contributed by atoms with Gasteiger partial charge in [0.2, 0.25) is 12.7 Å². The van der Waals surface area contributed by atoms with Crippen LogP contribution in [0.2, 0.25) is 0 Å². The van der Waals surface area contributed by atoms with Gasteiger partial charge in [-0.2, -0.15) is 5.26 Å². The van der Waals surface area contributed by atoms with Gasteiger partial charge in [0.15, 0.2) is 23.0 Å². The van der Waals surface area contributed by atoms with E-state index in [-0.39, 0.29) is 36.9 Å². The number of aryl methyl sites for hydroxylation is 1. The molecule has 2 aromatic rings. The van der Waals surface area contributed by atoms with Crippen molar-refractivity contribution in [2.75, 3.05) is 32.8 Å². The number of carbonyl (C=O) groups is 3. The number of phenolic OH excluding ortho intramolecular Hbond substituents is 1. The summed E-state index contributed by atoms with van der Waals surface area (Å²) < 4.78 is 30.3. The average molecular weight is 887 g/mol. The Labute approximate surface area is 377 Å². The quantitative estimate of drug-likeness (QED) is 0.0597. The third-order valence-corrected chi connectivity index (χ3v) is 15.1. The van der Waals surface area contributed by atoms with Crippen LogP contribution in [-0.2, 0) is 25.5 Å². The summed E-state index contributed by atoms with van der Waals surface area (Å²) in [5, 5.41) is 25.8. The van der Waals surface area contributed by atoms with Crippen LogP contribution in [0, 0.1) is 25.2 Å². The predicted molar refractivity (Wildman–Crippen MR) is 241 cm³/mol. The van der Waals surface area contributed by atoms with Gasteiger partial charge < -0.3 is 34.1 Å². The zero-order chi connectivity index (χ0) is 44.8. The first-order valence-corrected chi connectivity index (χ1v) is 24.3. The molecule has 7 atom stereocenters. The highest BCUT2D eigenvalue weighted by molar-refractivity contribution is 7.99. The van der Waals surface area contributed by atoms with E-state index in [1.807, 2.05) is 26.0 Å². The molecule has 5 heterocycles. The number of thioether (sulfide) groups is 1. The number of amides is 1. The number of carbonyl (C=O) groups excluding carboxylic acids is 3. The SMILES string of the molecule is C=CCN1C2c3c(cc(C)c(OC)c3O)CC1[C@H](C#N)N1C2[C@@H]2SCC(NC(=O)CCCCCCCCCCCCCCC)C(=O)OC[C@@H]1c1c3c(c(C)c(OC(C)=O)c12)OCO3. The van der Waals surface area contributed by atoms with Gasteiger partial charge in [-0.3, -0.25) is 19.4 Å². The molecule has 0 saturated carbocycles. The second-order valence-electron chi connectivity index (χ2n) is 17.8. The summed E-state index contributed by atoms with van der Waals surface area (Å²) in [7, 11) is 1.54. The molecule has 63 heavy (non-hydrogen) atoms. The number of hydrogen-bond acceptors (Lipinski definition) is 13. The first-order valence-electron chi connectivity index (χ1n) is 23.2. The Morgan fingerprint density at radius 1 is 0.984 bits per heavy atom. The number of rotatable bonds is 19. The lowest BCUT2D eigenvalue weighted by molar-refractivity contribution is -0.153. The summed E-state index contributed by atoms with van der Waals surface area (Å²) >= 11 is 1.43. The molecule has 4 bridgehead atoms. The molecule has 2 saturated heterocycles. The summed E-state index contributed by atoms with van der Waals surface area (Å²) in [5.74, 6) is 0.459. The zero-order valence-corrected chi connectivity index (χ0v) is 38.6. The molecule has 2 N–H and O–H groups in total. The fraction of sp³-hybridized carbons (Fsp3) is 0.633. The Morgan fingerprint density at radius 3 is 2.29 bits per heavy atom. The summed E-state index contributed by atoms with van der Waals surface area (Å²) in [5.41, 5.74) is 4.30. The molecule has 0 aliphatic carbocycles. The number of cyclic esters (lactones) is 1. The van der Waals surface area contributed by atoms with Crippen molar-refractivity contribution in [3.05, 3.63) is 52.1 Å². The van der Waals surface area contributed by atoms with Crippen molar-refractivity contribution < 1.29 is 43.2 Å². The number of benzene rings is 2. The van der Waals surface area contributed by atoms with E-state index in [1.54, 1.807) is 0 Å². The number of nitriles is 1. The monoisotopic (exact) mass is 886 g/mol. The minimum atomic E-state index is -0.963. The fourth-order valence-corrected chi connectivity index (χ4v) is 12.4. The molecule has 0 aromatic heterocycles. The van der Waals surface area contributed by atoms with Gasteiger partial charge in [0, 0.05) is 60.0 Å². The second kappa shape index (κ2) is 21.0. The summed E-state index contributed by atoms with van der Waals surface area (Å²) in [6, 6.07) is 0.858. The van der Waals surface area contributed by atoms with Crippen LogP contribution < -0.4 is 24.3 Å². The van der Waals surface area contributed by atoms with Crippen LogP contribution in [0.3, 0.4) is 0 Å². The van der Waals surface area contributed by atoms with Crippen molar-refractivity contribution in [2.45, 2.75) is 166 Å². The van der Waals surface area contributed by atoms with Crippen LogP contribution in [0.15, 0.2) is 18.7 Å². The normalized spacial score (nSPS) is 24.6. The lowest BCUT2D eigenvalue weighted by atomic mass is 9.71. The van der Waals surface area contributed by atoms with Gasteiger partial charge in [0.25, 0.3) is 0 Å². The Kier molecular flexibility index (Phi) is 15.5. The van der Waals surface area contributed by atoms with Crippen LogP contribution in [0.5, 0.6) is 28.7 Å². The average Bonchev–Trinajstić information content (AvgIpc) is 3.75. The molecule has 0 spiro atoms. The van der Waals surface area contributed by atoms with Crippen LogP contribution in [0.1, 0.15) is 154 Å². The number of piperazine rings is 1. The Morgan fingerprint density at radius 2 is 1.65 bits per heavy atom. The number of hydrogen-bond donors (Lipinski definition) is 2. The number of nitrogens with zero attached hydrogens (tertiary/aromatic N) is 3. The lowest BCUT2D eigenvalue weighted by Gasteiger charge is -2.62. The molecular weight excluding hydrogens is 821 g/mol. The molecule has 0 radical (unpaired) electrons. The molecule has 2 fully saturated rings.